The van der Waals surface area contributed by atoms with Gasteiger partial charge in [0.15, 0.2) is 0 Å². The third kappa shape index (κ3) is 2.33. The number of pyridine rings is 1. The van der Waals surface area contributed by atoms with Gasteiger partial charge in [0.05, 0.1) is 0 Å². The topological polar surface area (TPSA) is 59.2 Å². The van der Waals surface area contributed by atoms with E-state index in [0.29, 0.717) is 12.2 Å². The largest absolute Gasteiger partial charge is 0.336 e. The number of hydrogen-bond acceptors (Lipinski definition) is 3. The number of nitrogens with zero attached hydrogens (tertiary/aromatic N) is 2. The fourth-order valence-electron chi connectivity index (χ4n) is 1.85. The number of carbonyl (C=O) groups is 1. The molecule has 0 spiro atoms. The molecule has 1 aliphatic rings. The van der Waals surface area contributed by atoms with E-state index in [1.807, 2.05) is 6.07 Å². The summed E-state index contributed by atoms with van der Waals surface area (Å²) >= 11 is 0. The lowest BCUT2D eigenvalue weighted by atomic mass is 10.1. The Labute approximate surface area is 89.1 Å². The minimum absolute atomic E-state index is 0.00856. The molecule has 1 aromatic heterocycles. The number of hydrogen-bond donors (Lipinski definition) is 1. The van der Waals surface area contributed by atoms with E-state index in [0.717, 1.165) is 19.4 Å². The predicted octanol–water partition coefficient (Wildman–Crippen LogP) is 0.645. The smallest absolute Gasteiger partial charge is 0.272 e. The van der Waals surface area contributed by atoms with Gasteiger partial charge in [0, 0.05) is 25.3 Å². The quantitative estimate of drug-likeness (QED) is 0.732. The summed E-state index contributed by atoms with van der Waals surface area (Å²) in [5, 5.41) is 0. The van der Waals surface area contributed by atoms with Crippen LogP contribution in [0.2, 0.25) is 0 Å². The molecule has 80 valence electrons. The van der Waals surface area contributed by atoms with Crippen molar-refractivity contribution < 1.29 is 4.79 Å². The third-order valence-electron chi connectivity index (χ3n) is 2.63. The molecule has 1 amide bonds. The van der Waals surface area contributed by atoms with Gasteiger partial charge in [-0.05, 0) is 25.0 Å². The van der Waals surface area contributed by atoms with E-state index in [-0.39, 0.29) is 11.9 Å². The summed E-state index contributed by atoms with van der Waals surface area (Å²) < 4.78 is 0. The van der Waals surface area contributed by atoms with Crippen LogP contribution in [0.15, 0.2) is 24.4 Å². The van der Waals surface area contributed by atoms with E-state index in [1.54, 1.807) is 23.2 Å². The van der Waals surface area contributed by atoms with Crippen LogP contribution in [0.3, 0.4) is 0 Å². The first-order chi connectivity index (χ1) is 7.27. The van der Waals surface area contributed by atoms with Crippen LogP contribution in [-0.2, 0) is 0 Å². The molecule has 1 fully saturated rings. The first-order valence-electron chi connectivity index (χ1n) is 5.23. The molecule has 0 unspecified atom stereocenters. The van der Waals surface area contributed by atoms with Crippen molar-refractivity contribution in [2.24, 2.45) is 5.73 Å². The lowest BCUT2D eigenvalue weighted by Gasteiger charge is -2.30. The van der Waals surface area contributed by atoms with Crippen LogP contribution < -0.4 is 5.73 Å². The van der Waals surface area contributed by atoms with Crippen LogP contribution in [0.25, 0.3) is 0 Å². The standard InChI is InChI=1S/C11H15N3O/c12-9-4-3-7-14(8-9)11(15)10-5-1-2-6-13-10/h1-2,5-6,9H,3-4,7-8,12H2/t9-/m1/s1. The molecule has 0 radical (unpaired) electrons. The molecular formula is C11H15N3O. The molecule has 0 saturated carbocycles. The summed E-state index contributed by atoms with van der Waals surface area (Å²) in [5.41, 5.74) is 6.33. The van der Waals surface area contributed by atoms with Crippen LogP contribution in [0.5, 0.6) is 0 Å². The number of amides is 1. The molecule has 15 heavy (non-hydrogen) atoms. The van der Waals surface area contributed by atoms with Gasteiger partial charge in [-0.15, -0.1) is 0 Å². The molecule has 2 heterocycles. The predicted molar refractivity (Wildman–Crippen MR) is 57.3 cm³/mol. The molecule has 1 saturated heterocycles. The Morgan fingerprint density at radius 3 is 3.07 bits per heavy atom. The van der Waals surface area contributed by atoms with Crippen molar-refractivity contribution in [2.45, 2.75) is 18.9 Å². The molecular weight excluding hydrogens is 190 g/mol. The maximum Gasteiger partial charge on any atom is 0.272 e. The normalized spacial score (nSPS) is 21.4. The third-order valence-corrected chi connectivity index (χ3v) is 2.63. The first kappa shape index (κ1) is 10.1. The number of aromatic nitrogens is 1. The summed E-state index contributed by atoms with van der Waals surface area (Å²) in [5.74, 6) is -0.00856. The molecule has 0 aliphatic carbocycles. The van der Waals surface area contributed by atoms with Gasteiger partial charge in [-0.2, -0.15) is 0 Å². The minimum Gasteiger partial charge on any atom is -0.336 e. The van der Waals surface area contributed by atoms with E-state index in [4.69, 9.17) is 5.73 Å². The van der Waals surface area contributed by atoms with Crippen LogP contribution in [-0.4, -0.2) is 34.9 Å². The summed E-state index contributed by atoms with van der Waals surface area (Å²) in [4.78, 5) is 17.8. The first-order valence-corrected chi connectivity index (χ1v) is 5.23. The molecule has 1 aromatic rings. The van der Waals surface area contributed by atoms with Crippen molar-refractivity contribution in [1.82, 2.24) is 9.88 Å². The Kier molecular flexibility index (Phi) is 2.97. The monoisotopic (exact) mass is 205 g/mol. The lowest BCUT2D eigenvalue weighted by Crippen LogP contribution is -2.45. The molecule has 4 heteroatoms. The van der Waals surface area contributed by atoms with Crippen molar-refractivity contribution in [3.63, 3.8) is 0 Å². The highest BCUT2D eigenvalue weighted by Gasteiger charge is 2.22. The van der Waals surface area contributed by atoms with Crippen molar-refractivity contribution >= 4 is 5.91 Å². The molecule has 0 aromatic carbocycles. The van der Waals surface area contributed by atoms with Crippen LogP contribution >= 0.6 is 0 Å². The number of carbonyl (C=O) groups excluding carboxylic acids is 1. The second-order valence-corrected chi connectivity index (χ2v) is 3.87. The van der Waals surface area contributed by atoms with E-state index in [1.165, 1.54) is 0 Å². The fourth-order valence-corrected chi connectivity index (χ4v) is 1.85. The molecule has 2 N–H and O–H groups in total. The summed E-state index contributed by atoms with van der Waals surface area (Å²) in [6, 6.07) is 5.48. The maximum atomic E-state index is 12.0. The van der Waals surface area contributed by atoms with Gasteiger partial charge >= 0.3 is 0 Å². The Bertz CT molecular complexity index is 339. The summed E-state index contributed by atoms with van der Waals surface area (Å²) in [6.07, 6.45) is 3.63. The highest BCUT2D eigenvalue weighted by Crippen LogP contribution is 2.11. The average molecular weight is 205 g/mol. The summed E-state index contributed by atoms with van der Waals surface area (Å²) in [7, 11) is 0. The average Bonchev–Trinajstić information content (AvgIpc) is 2.29. The van der Waals surface area contributed by atoms with Gasteiger partial charge in [-0.25, -0.2) is 0 Å². The molecule has 2 rings (SSSR count). The van der Waals surface area contributed by atoms with Crippen LogP contribution in [0, 0.1) is 0 Å². The zero-order valence-corrected chi connectivity index (χ0v) is 8.60. The van der Waals surface area contributed by atoms with Crippen molar-refractivity contribution in [3.8, 4) is 0 Å². The SMILES string of the molecule is N[C@@H]1CCCN(C(=O)c2ccccn2)C1. The van der Waals surface area contributed by atoms with E-state index in [9.17, 15) is 4.79 Å². The lowest BCUT2D eigenvalue weighted by molar-refractivity contribution is 0.0703. The molecule has 0 bridgehead atoms. The highest BCUT2D eigenvalue weighted by atomic mass is 16.2. The molecule has 4 nitrogen and oxygen atoms in total. The molecule has 1 atom stereocenters. The number of likely N-dealkylation sites (tertiary alicyclic amines) is 1. The van der Waals surface area contributed by atoms with Gasteiger partial charge in [0.2, 0.25) is 0 Å². The van der Waals surface area contributed by atoms with Gasteiger partial charge in [0.25, 0.3) is 5.91 Å². The number of rotatable bonds is 1. The van der Waals surface area contributed by atoms with Gasteiger partial charge in [0.1, 0.15) is 5.69 Å². The second kappa shape index (κ2) is 4.40. The van der Waals surface area contributed by atoms with Crippen molar-refractivity contribution in [1.29, 1.82) is 0 Å². The number of piperidine rings is 1. The highest BCUT2D eigenvalue weighted by molar-refractivity contribution is 5.92. The Morgan fingerprint density at radius 2 is 2.40 bits per heavy atom. The van der Waals surface area contributed by atoms with E-state index < -0.39 is 0 Å². The van der Waals surface area contributed by atoms with Crippen LogP contribution in [0.4, 0.5) is 0 Å². The Balaban J connectivity index is 2.08. The zero-order valence-electron chi connectivity index (χ0n) is 8.60. The van der Waals surface area contributed by atoms with Crippen LogP contribution in [0.1, 0.15) is 23.3 Å². The minimum atomic E-state index is -0.00856. The Morgan fingerprint density at radius 1 is 1.53 bits per heavy atom. The fraction of sp³-hybridized carbons (Fsp3) is 0.455. The van der Waals surface area contributed by atoms with E-state index >= 15 is 0 Å². The molecule has 1 aliphatic heterocycles. The summed E-state index contributed by atoms with van der Waals surface area (Å²) in [6.45, 7) is 1.44. The van der Waals surface area contributed by atoms with Gasteiger partial charge in [-0.1, -0.05) is 6.07 Å². The van der Waals surface area contributed by atoms with Gasteiger partial charge < -0.3 is 10.6 Å². The van der Waals surface area contributed by atoms with Gasteiger partial charge in [-0.3, -0.25) is 9.78 Å². The zero-order chi connectivity index (χ0) is 10.7. The van der Waals surface area contributed by atoms with Crippen molar-refractivity contribution in [2.75, 3.05) is 13.1 Å². The number of nitrogens with two attached hydrogens (primary N) is 1. The maximum absolute atomic E-state index is 12.0. The second-order valence-electron chi connectivity index (χ2n) is 3.87. The van der Waals surface area contributed by atoms with E-state index in [2.05, 4.69) is 4.98 Å². The Hall–Kier alpha value is -1.42. The van der Waals surface area contributed by atoms with Crippen molar-refractivity contribution in [3.05, 3.63) is 30.1 Å².